The lowest BCUT2D eigenvalue weighted by Gasteiger charge is -2.14. The van der Waals surface area contributed by atoms with E-state index < -0.39 is 0 Å². The molecule has 0 unspecified atom stereocenters. The molecule has 0 saturated carbocycles. The molecule has 38 heavy (non-hydrogen) atoms. The highest BCUT2D eigenvalue weighted by molar-refractivity contribution is 6.04. The maximum absolute atomic E-state index is 13.1. The van der Waals surface area contributed by atoms with Crippen LogP contribution in [0.1, 0.15) is 61.1 Å². The molecule has 0 radical (unpaired) electrons. The standard InChI is InChI=1S/C32H35N3O3/c1-4-6-7-8-19-37-28-12-9-11-27(22-28)35-31(36)25-15-14-23(3)30(21-25)38-32-29(13-10-17-34-32)24-16-18-33-26(5-2)20-24/h9-18,20-22H,4-8,19H2,1-3H3,(H,35,36). The molecule has 1 N–H and O–H groups in total. The van der Waals surface area contributed by atoms with Gasteiger partial charge in [-0.3, -0.25) is 9.78 Å². The first kappa shape index (κ1) is 26.9. The van der Waals surface area contributed by atoms with Crippen LogP contribution in [0.15, 0.2) is 79.1 Å². The number of carbonyl (C=O) groups is 1. The van der Waals surface area contributed by atoms with Gasteiger partial charge >= 0.3 is 0 Å². The summed E-state index contributed by atoms with van der Waals surface area (Å²) >= 11 is 0. The Morgan fingerprint density at radius 1 is 0.895 bits per heavy atom. The van der Waals surface area contributed by atoms with Crippen LogP contribution in [-0.2, 0) is 6.42 Å². The van der Waals surface area contributed by atoms with Gasteiger partial charge in [0, 0.05) is 41.0 Å². The van der Waals surface area contributed by atoms with E-state index in [1.54, 1.807) is 24.5 Å². The molecule has 0 atom stereocenters. The Balaban J connectivity index is 1.48. The van der Waals surface area contributed by atoms with Gasteiger partial charge in [0.05, 0.1) is 6.61 Å². The number of hydrogen-bond donors (Lipinski definition) is 1. The van der Waals surface area contributed by atoms with Crippen molar-refractivity contribution in [3.05, 3.63) is 95.9 Å². The maximum atomic E-state index is 13.1. The average Bonchev–Trinajstić information content (AvgIpc) is 2.94. The predicted octanol–water partition coefficient (Wildman–Crippen LogP) is 8.02. The van der Waals surface area contributed by atoms with Crippen molar-refractivity contribution in [1.82, 2.24) is 9.97 Å². The minimum atomic E-state index is -0.224. The molecule has 0 saturated heterocycles. The molecule has 0 aliphatic heterocycles. The van der Waals surface area contributed by atoms with E-state index in [0.717, 1.165) is 47.4 Å². The highest BCUT2D eigenvalue weighted by Gasteiger charge is 2.14. The summed E-state index contributed by atoms with van der Waals surface area (Å²) in [5, 5.41) is 2.97. The summed E-state index contributed by atoms with van der Waals surface area (Å²) in [4.78, 5) is 22.0. The van der Waals surface area contributed by atoms with Crippen molar-refractivity contribution in [2.45, 2.75) is 52.9 Å². The molecule has 0 spiro atoms. The van der Waals surface area contributed by atoms with Crippen molar-refractivity contribution >= 4 is 11.6 Å². The van der Waals surface area contributed by atoms with E-state index >= 15 is 0 Å². The number of rotatable bonds is 12. The van der Waals surface area contributed by atoms with Gasteiger partial charge in [-0.1, -0.05) is 45.2 Å². The van der Waals surface area contributed by atoms with Gasteiger partial charge in [0.2, 0.25) is 5.88 Å². The second kappa shape index (κ2) is 13.4. The smallest absolute Gasteiger partial charge is 0.255 e. The number of nitrogens with zero attached hydrogens (tertiary/aromatic N) is 2. The normalized spacial score (nSPS) is 10.7. The van der Waals surface area contributed by atoms with Gasteiger partial charge in [-0.2, -0.15) is 0 Å². The zero-order valence-corrected chi connectivity index (χ0v) is 22.4. The third-order valence-corrected chi connectivity index (χ3v) is 6.28. The zero-order valence-electron chi connectivity index (χ0n) is 22.4. The van der Waals surface area contributed by atoms with Gasteiger partial charge in [0.1, 0.15) is 11.5 Å². The lowest BCUT2D eigenvalue weighted by molar-refractivity contribution is 0.102. The number of nitrogens with one attached hydrogen (secondary N) is 1. The van der Waals surface area contributed by atoms with Crippen LogP contribution in [0.4, 0.5) is 5.69 Å². The SMILES string of the molecule is CCCCCCOc1cccc(NC(=O)c2ccc(C)c(Oc3ncccc3-c3ccnc(CC)c3)c2)c1. The number of ether oxygens (including phenoxy) is 2. The van der Waals surface area contributed by atoms with E-state index in [1.165, 1.54) is 12.8 Å². The minimum absolute atomic E-state index is 0.224. The summed E-state index contributed by atoms with van der Waals surface area (Å²) in [6.45, 7) is 6.88. The van der Waals surface area contributed by atoms with E-state index in [0.29, 0.717) is 29.5 Å². The molecule has 6 heteroatoms. The molecule has 0 fully saturated rings. The second-order valence-electron chi connectivity index (χ2n) is 9.22. The van der Waals surface area contributed by atoms with Gasteiger partial charge in [0.25, 0.3) is 5.91 Å². The number of benzene rings is 2. The molecule has 2 heterocycles. The summed E-state index contributed by atoms with van der Waals surface area (Å²) in [7, 11) is 0. The Hall–Kier alpha value is -4.19. The largest absolute Gasteiger partial charge is 0.494 e. The van der Waals surface area contributed by atoms with Crippen LogP contribution in [0.3, 0.4) is 0 Å². The molecule has 0 bridgehead atoms. The third-order valence-electron chi connectivity index (χ3n) is 6.28. The third kappa shape index (κ3) is 7.19. The van der Waals surface area contributed by atoms with Crippen molar-refractivity contribution in [1.29, 1.82) is 0 Å². The first-order valence-electron chi connectivity index (χ1n) is 13.3. The Bertz CT molecular complexity index is 1370. The van der Waals surface area contributed by atoms with Crippen molar-refractivity contribution in [2.24, 2.45) is 0 Å². The van der Waals surface area contributed by atoms with E-state index in [1.807, 2.05) is 61.5 Å². The predicted molar refractivity (Wildman–Crippen MR) is 152 cm³/mol. The summed E-state index contributed by atoms with van der Waals surface area (Å²) in [5.74, 6) is 1.58. The quantitative estimate of drug-likeness (QED) is 0.196. The molecule has 2 aromatic carbocycles. The van der Waals surface area contributed by atoms with Gasteiger partial charge in [-0.25, -0.2) is 4.98 Å². The zero-order chi connectivity index (χ0) is 26.7. The fraction of sp³-hybridized carbons (Fsp3) is 0.281. The van der Waals surface area contributed by atoms with Crippen LogP contribution < -0.4 is 14.8 Å². The second-order valence-corrected chi connectivity index (χ2v) is 9.22. The fourth-order valence-electron chi connectivity index (χ4n) is 4.07. The molecular weight excluding hydrogens is 474 g/mol. The molecule has 4 rings (SSSR count). The summed E-state index contributed by atoms with van der Waals surface area (Å²) in [6.07, 6.45) is 8.93. The van der Waals surface area contributed by atoms with Crippen molar-refractivity contribution in [3.8, 4) is 28.5 Å². The Labute approximate surface area is 225 Å². The van der Waals surface area contributed by atoms with E-state index in [-0.39, 0.29) is 5.91 Å². The molecule has 196 valence electrons. The molecule has 4 aromatic rings. The van der Waals surface area contributed by atoms with E-state index in [9.17, 15) is 4.79 Å². The number of amides is 1. The van der Waals surface area contributed by atoms with Crippen molar-refractivity contribution in [2.75, 3.05) is 11.9 Å². The van der Waals surface area contributed by atoms with Gasteiger partial charge < -0.3 is 14.8 Å². The molecule has 1 amide bonds. The van der Waals surface area contributed by atoms with Gasteiger partial charge in [-0.15, -0.1) is 0 Å². The number of hydrogen-bond acceptors (Lipinski definition) is 5. The monoisotopic (exact) mass is 509 g/mol. The Kier molecular flexibility index (Phi) is 9.46. The number of aryl methyl sites for hydroxylation is 2. The lowest BCUT2D eigenvalue weighted by atomic mass is 10.1. The Morgan fingerprint density at radius 3 is 2.63 bits per heavy atom. The number of carbonyl (C=O) groups excluding carboxylic acids is 1. The first-order chi connectivity index (χ1) is 18.6. The maximum Gasteiger partial charge on any atom is 0.255 e. The van der Waals surface area contributed by atoms with Crippen LogP contribution in [0.5, 0.6) is 17.4 Å². The summed E-state index contributed by atoms with van der Waals surface area (Å²) in [6, 6.07) is 20.8. The fourth-order valence-corrected chi connectivity index (χ4v) is 4.07. The van der Waals surface area contributed by atoms with E-state index in [2.05, 4.69) is 29.1 Å². The molecular formula is C32H35N3O3. The number of unbranched alkanes of at least 4 members (excludes halogenated alkanes) is 3. The Morgan fingerprint density at radius 2 is 1.79 bits per heavy atom. The lowest BCUT2D eigenvalue weighted by Crippen LogP contribution is -2.12. The molecule has 6 nitrogen and oxygen atoms in total. The van der Waals surface area contributed by atoms with Crippen LogP contribution >= 0.6 is 0 Å². The van der Waals surface area contributed by atoms with E-state index in [4.69, 9.17) is 9.47 Å². The van der Waals surface area contributed by atoms with Crippen LogP contribution in [0.25, 0.3) is 11.1 Å². The minimum Gasteiger partial charge on any atom is -0.494 e. The summed E-state index contributed by atoms with van der Waals surface area (Å²) < 4.78 is 12.1. The van der Waals surface area contributed by atoms with Crippen molar-refractivity contribution in [3.63, 3.8) is 0 Å². The van der Waals surface area contributed by atoms with Crippen LogP contribution in [0, 0.1) is 6.92 Å². The van der Waals surface area contributed by atoms with Gasteiger partial charge in [-0.05, 0) is 79.4 Å². The highest BCUT2D eigenvalue weighted by Crippen LogP contribution is 2.33. The molecule has 0 aliphatic rings. The number of pyridine rings is 2. The number of anilines is 1. The summed E-state index contributed by atoms with van der Waals surface area (Å²) in [5.41, 5.74) is 4.93. The highest BCUT2D eigenvalue weighted by atomic mass is 16.5. The molecule has 0 aliphatic carbocycles. The topological polar surface area (TPSA) is 73.3 Å². The van der Waals surface area contributed by atoms with Crippen molar-refractivity contribution < 1.29 is 14.3 Å². The molecule has 2 aromatic heterocycles. The first-order valence-corrected chi connectivity index (χ1v) is 13.3. The van der Waals surface area contributed by atoms with Crippen LogP contribution in [-0.4, -0.2) is 22.5 Å². The van der Waals surface area contributed by atoms with Gasteiger partial charge in [0.15, 0.2) is 0 Å². The van der Waals surface area contributed by atoms with Crippen LogP contribution in [0.2, 0.25) is 0 Å². The average molecular weight is 510 g/mol. The number of aromatic nitrogens is 2.